The summed E-state index contributed by atoms with van der Waals surface area (Å²) in [7, 11) is 0. The molecular weight excluding hydrogens is 264 g/mol. The molecule has 0 radical (unpaired) electrons. The molecule has 2 heterocycles. The van der Waals surface area contributed by atoms with Crippen LogP contribution in [0.3, 0.4) is 0 Å². The zero-order valence-corrected chi connectivity index (χ0v) is 10.2. The first-order chi connectivity index (χ1) is 8.08. The van der Waals surface area contributed by atoms with Crippen molar-refractivity contribution < 1.29 is 4.92 Å². The number of aromatic nitrogens is 4. The van der Waals surface area contributed by atoms with Gasteiger partial charge in [-0.1, -0.05) is 0 Å². The molecule has 0 atom stereocenters. The van der Waals surface area contributed by atoms with Gasteiger partial charge in [0.2, 0.25) is 5.95 Å². The highest BCUT2D eigenvalue weighted by molar-refractivity contribution is 8.01. The molecule has 2 aromatic rings. The molecule has 0 aliphatic rings. The Balaban J connectivity index is 2.47. The minimum Gasteiger partial charge on any atom is -0.368 e. The fraction of sp³-hybridized carbons (Fsp3) is 0.143. The predicted octanol–water partition coefficient (Wildman–Crippen LogP) is 1.28. The molecule has 0 aliphatic heterocycles. The summed E-state index contributed by atoms with van der Waals surface area (Å²) in [6.07, 6.45) is 1.37. The molecule has 88 valence electrons. The first-order valence-electron chi connectivity index (χ1n) is 4.31. The maximum atomic E-state index is 10.9. The van der Waals surface area contributed by atoms with E-state index >= 15 is 0 Å². The predicted molar refractivity (Wildman–Crippen MR) is 61.9 cm³/mol. The van der Waals surface area contributed by atoms with Gasteiger partial charge < -0.3 is 5.73 Å². The van der Waals surface area contributed by atoms with E-state index in [4.69, 9.17) is 5.73 Å². The van der Waals surface area contributed by atoms with Gasteiger partial charge in [-0.25, -0.2) is 9.97 Å². The van der Waals surface area contributed by atoms with E-state index < -0.39 is 4.92 Å². The SMILES string of the molecule is Cc1nc(N)nc(Sc2ncns2)c1[N+](=O)[O-]. The van der Waals surface area contributed by atoms with E-state index in [1.54, 1.807) is 0 Å². The molecule has 2 N–H and O–H groups in total. The molecule has 8 nitrogen and oxygen atoms in total. The van der Waals surface area contributed by atoms with Crippen LogP contribution in [0.15, 0.2) is 15.7 Å². The molecule has 2 rings (SSSR count). The van der Waals surface area contributed by atoms with Crippen LogP contribution in [-0.4, -0.2) is 24.2 Å². The monoisotopic (exact) mass is 270 g/mol. The maximum Gasteiger partial charge on any atom is 0.322 e. The number of hydrogen-bond acceptors (Lipinski definition) is 9. The zero-order chi connectivity index (χ0) is 12.4. The number of nitro groups is 1. The summed E-state index contributed by atoms with van der Waals surface area (Å²) < 4.78 is 4.36. The molecule has 2 aromatic heterocycles. The lowest BCUT2D eigenvalue weighted by molar-refractivity contribution is -0.389. The Morgan fingerprint density at radius 3 is 2.88 bits per heavy atom. The van der Waals surface area contributed by atoms with Gasteiger partial charge >= 0.3 is 5.69 Å². The summed E-state index contributed by atoms with van der Waals surface area (Å²) in [5.41, 5.74) is 5.54. The number of nitrogen functional groups attached to an aromatic ring is 1. The highest BCUT2D eigenvalue weighted by atomic mass is 32.2. The van der Waals surface area contributed by atoms with Gasteiger partial charge in [-0.05, 0) is 30.2 Å². The van der Waals surface area contributed by atoms with Crippen LogP contribution in [-0.2, 0) is 0 Å². The summed E-state index contributed by atoms with van der Waals surface area (Å²) in [5, 5.41) is 11.1. The summed E-state index contributed by atoms with van der Waals surface area (Å²) in [4.78, 5) is 21.9. The molecule has 0 fully saturated rings. The van der Waals surface area contributed by atoms with E-state index in [2.05, 4.69) is 19.3 Å². The van der Waals surface area contributed by atoms with Crippen molar-refractivity contribution in [1.82, 2.24) is 19.3 Å². The van der Waals surface area contributed by atoms with Crippen LogP contribution in [0, 0.1) is 17.0 Å². The van der Waals surface area contributed by atoms with E-state index in [0.29, 0.717) is 4.34 Å². The third-order valence-corrected chi connectivity index (χ3v) is 3.44. The lowest BCUT2D eigenvalue weighted by Crippen LogP contribution is -2.03. The van der Waals surface area contributed by atoms with Crippen molar-refractivity contribution in [3.8, 4) is 0 Å². The summed E-state index contributed by atoms with van der Waals surface area (Å²) in [5.74, 6) is 0.000107. The van der Waals surface area contributed by atoms with E-state index in [1.165, 1.54) is 13.3 Å². The second kappa shape index (κ2) is 4.59. The summed E-state index contributed by atoms with van der Waals surface area (Å²) in [6, 6.07) is 0. The van der Waals surface area contributed by atoms with Crippen molar-refractivity contribution in [3.05, 3.63) is 22.1 Å². The topological polar surface area (TPSA) is 121 Å². The molecule has 0 saturated carbocycles. The third-order valence-electron chi connectivity index (χ3n) is 1.75. The number of nitrogens with zero attached hydrogens (tertiary/aromatic N) is 5. The summed E-state index contributed by atoms with van der Waals surface area (Å²) >= 11 is 2.18. The standard InChI is InChI=1S/C7H6N6O2S2/c1-3-4(13(14)15)5(12-6(8)11-3)16-7-9-2-10-17-7/h2H,1H3,(H2,8,11,12). The molecule has 17 heavy (non-hydrogen) atoms. The Morgan fingerprint density at radius 2 is 2.29 bits per heavy atom. The summed E-state index contributed by atoms with van der Waals surface area (Å²) in [6.45, 7) is 1.51. The van der Waals surface area contributed by atoms with Crippen molar-refractivity contribution in [2.45, 2.75) is 16.3 Å². The Bertz CT molecular complexity index is 558. The molecule has 0 amide bonds. The Morgan fingerprint density at radius 1 is 1.53 bits per heavy atom. The van der Waals surface area contributed by atoms with Gasteiger partial charge in [0.05, 0.1) is 4.92 Å². The van der Waals surface area contributed by atoms with Gasteiger partial charge in [0.25, 0.3) is 0 Å². The average Bonchev–Trinajstić information content (AvgIpc) is 2.68. The number of rotatable bonds is 3. The first kappa shape index (κ1) is 11.7. The lowest BCUT2D eigenvalue weighted by Gasteiger charge is -2.02. The fourth-order valence-electron chi connectivity index (χ4n) is 1.13. The molecule has 0 unspecified atom stereocenters. The highest BCUT2D eigenvalue weighted by Gasteiger charge is 2.23. The molecule has 10 heteroatoms. The van der Waals surface area contributed by atoms with Gasteiger partial charge in [0, 0.05) is 0 Å². The van der Waals surface area contributed by atoms with Crippen LogP contribution in [0.5, 0.6) is 0 Å². The normalized spacial score (nSPS) is 10.4. The van der Waals surface area contributed by atoms with Crippen LogP contribution in [0.4, 0.5) is 11.6 Å². The van der Waals surface area contributed by atoms with E-state index in [-0.39, 0.29) is 22.4 Å². The van der Waals surface area contributed by atoms with Crippen LogP contribution < -0.4 is 5.73 Å². The maximum absolute atomic E-state index is 10.9. The Kier molecular flexibility index (Phi) is 3.15. The molecule has 0 saturated heterocycles. The molecule has 0 bridgehead atoms. The second-order valence-corrected chi connectivity index (χ2v) is 4.90. The van der Waals surface area contributed by atoms with Gasteiger partial charge in [0.1, 0.15) is 12.0 Å². The fourth-order valence-corrected chi connectivity index (χ4v) is 2.65. The van der Waals surface area contributed by atoms with Crippen LogP contribution in [0.2, 0.25) is 0 Å². The second-order valence-electron chi connectivity index (χ2n) is 2.89. The van der Waals surface area contributed by atoms with Gasteiger partial charge in [-0.15, -0.1) is 0 Å². The minimum atomic E-state index is -0.530. The van der Waals surface area contributed by atoms with E-state index in [0.717, 1.165) is 23.3 Å². The number of hydrogen-bond donors (Lipinski definition) is 1. The largest absolute Gasteiger partial charge is 0.368 e. The van der Waals surface area contributed by atoms with Crippen molar-refractivity contribution in [2.75, 3.05) is 5.73 Å². The van der Waals surface area contributed by atoms with Gasteiger partial charge in [-0.3, -0.25) is 10.1 Å². The average molecular weight is 270 g/mol. The minimum absolute atomic E-state index is 0.000107. The first-order valence-corrected chi connectivity index (χ1v) is 5.90. The molecular formula is C7H6N6O2S2. The smallest absolute Gasteiger partial charge is 0.322 e. The van der Waals surface area contributed by atoms with Crippen molar-refractivity contribution in [2.24, 2.45) is 0 Å². The van der Waals surface area contributed by atoms with E-state index in [1.807, 2.05) is 0 Å². The zero-order valence-electron chi connectivity index (χ0n) is 8.52. The number of aryl methyl sites for hydroxylation is 1. The van der Waals surface area contributed by atoms with Crippen molar-refractivity contribution >= 4 is 34.9 Å². The van der Waals surface area contributed by atoms with Gasteiger partial charge in [-0.2, -0.15) is 9.36 Å². The van der Waals surface area contributed by atoms with Crippen LogP contribution in [0.25, 0.3) is 0 Å². The highest BCUT2D eigenvalue weighted by Crippen LogP contribution is 2.35. The van der Waals surface area contributed by atoms with Gasteiger partial charge in [0.15, 0.2) is 9.37 Å². The van der Waals surface area contributed by atoms with Crippen LogP contribution >= 0.6 is 23.3 Å². The van der Waals surface area contributed by atoms with Crippen molar-refractivity contribution in [1.29, 1.82) is 0 Å². The van der Waals surface area contributed by atoms with E-state index in [9.17, 15) is 10.1 Å². The third kappa shape index (κ3) is 2.47. The lowest BCUT2D eigenvalue weighted by atomic mass is 10.4. The van der Waals surface area contributed by atoms with Crippen LogP contribution in [0.1, 0.15) is 5.69 Å². The number of nitrogens with two attached hydrogens (primary N) is 1. The number of anilines is 1. The molecule has 0 aliphatic carbocycles. The quantitative estimate of drug-likeness (QED) is 0.503. The molecule has 0 spiro atoms. The molecule has 0 aromatic carbocycles. The Hall–Kier alpha value is -1.81. The van der Waals surface area contributed by atoms with Crippen molar-refractivity contribution in [3.63, 3.8) is 0 Å². The Labute approximate surface area is 104 Å².